The summed E-state index contributed by atoms with van der Waals surface area (Å²) in [7, 11) is 1.63. The van der Waals surface area contributed by atoms with Gasteiger partial charge in [-0.1, -0.05) is 37.3 Å². The fourth-order valence-electron chi connectivity index (χ4n) is 3.58. The maximum absolute atomic E-state index is 12.5. The van der Waals surface area contributed by atoms with Gasteiger partial charge in [0.2, 0.25) is 5.91 Å². The van der Waals surface area contributed by atoms with Crippen molar-refractivity contribution in [3.63, 3.8) is 0 Å². The molecule has 0 aromatic heterocycles. The highest BCUT2D eigenvalue weighted by Gasteiger charge is 2.24. The number of carbonyl (C=O) groups excluding carboxylic acids is 2. The predicted molar refractivity (Wildman–Crippen MR) is 119 cm³/mol. The average molecular weight is 409 g/mol. The summed E-state index contributed by atoms with van der Waals surface area (Å²) in [4.78, 5) is 27.9. The Morgan fingerprint density at radius 1 is 1.10 bits per heavy atom. The molecule has 30 heavy (non-hydrogen) atoms. The van der Waals surface area contributed by atoms with E-state index in [1.54, 1.807) is 13.2 Å². The molecule has 2 amide bonds. The van der Waals surface area contributed by atoms with Gasteiger partial charge in [0.15, 0.2) is 6.54 Å². The van der Waals surface area contributed by atoms with Gasteiger partial charge < -0.3 is 19.9 Å². The number of quaternary nitrogens is 1. The van der Waals surface area contributed by atoms with Crippen LogP contribution in [0.5, 0.6) is 5.75 Å². The van der Waals surface area contributed by atoms with Crippen molar-refractivity contribution in [2.24, 2.45) is 0 Å². The Morgan fingerprint density at radius 3 is 2.47 bits per heavy atom. The normalized spacial score (nSPS) is 14.7. The van der Waals surface area contributed by atoms with Gasteiger partial charge in [-0.15, -0.1) is 0 Å². The summed E-state index contributed by atoms with van der Waals surface area (Å²) >= 11 is 0. The number of carbonyl (C=O) groups is 2. The molecule has 1 saturated heterocycles. The minimum absolute atomic E-state index is 0.00573. The number of rotatable bonds is 7. The van der Waals surface area contributed by atoms with Crippen molar-refractivity contribution in [1.82, 2.24) is 4.90 Å². The number of para-hydroxylation sites is 1. The monoisotopic (exact) mass is 408 g/mol. The zero-order valence-electron chi connectivity index (χ0n) is 17.7. The van der Waals surface area contributed by atoms with E-state index in [1.807, 2.05) is 59.5 Å². The molecule has 158 valence electrons. The van der Waals surface area contributed by atoms with E-state index in [0.29, 0.717) is 19.6 Å². The van der Waals surface area contributed by atoms with Crippen LogP contribution >= 0.6 is 0 Å². The first-order valence-corrected chi connectivity index (χ1v) is 10.4. The Morgan fingerprint density at radius 2 is 1.80 bits per heavy atom. The summed E-state index contributed by atoms with van der Waals surface area (Å²) in [6, 6.07) is 15.5. The second kappa shape index (κ2) is 10.6. The molecule has 1 aliphatic heterocycles. The lowest BCUT2D eigenvalue weighted by Crippen LogP contribution is -3.15. The maximum atomic E-state index is 12.5. The Balaban J connectivity index is 1.45. The molecule has 1 fully saturated rings. The van der Waals surface area contributed by atoms with Crippen LogP contribution in [0.4, 0.5) is 5.69 Å². The van der Waals surface area contributed by atoms with Crippen LogP contribution in [-0.2, 0) is 16.0 Å². The minimum Gasteiger partial charge on any atom is -0.497 e. The maximum Gasteiger partial charge on any atom is 0.279 e. The van der Waals surface area contributed by atoms with Crippen LogP contribution in [0.15, 0.2) is 54.6 Å². The number of amides is 2. The van der Waals surface area contributed by atoms with Crippen molar-refractivity contribution >= 4 is 23.6 Å². The van der Waals surface area contributed by atoms with Crippen LogP contribution in [0.3, 0.4) is 0 Å². The first-order chi connectivity index (χ1) is 14.6. The van der Waals surface area contributed by atoms with Crippen molar-refractivity contribution in [3.05, 3.63) is 65.7 Å². The first-order valence-electron chi connectivity index (χ1n) is 10.4. The van der Waals surface area contributed by atoms with Crippen molar-refractivity contribution in [3.8, 4) is 5.75 Å². The van der Waals surface area contributed by atoms with Crippen molar-refractivity contribution in [2.45, 2.75) is 13.3 Å². The number of nitrogens with one attached hydrogen (secondary N) is 2. The molecule has 0 radical (unpaired) electrons. The van der Waals surface area contributed by atoms with Crippen LogP contribution in [0.25, 0.3) is 6.08 Å². The van der Waals surface area contributed by atoms with Crippen LogP contribution in [0.1, 0.15) is 18.1 Å². The van der Waals surface area contributed by atoms with E-state index in [1.165, 1.54) is 4.90 Å². The molecule has 0 spiro atoms. The third-order valence-corrected chi connectivity index (χ3v) is 5.40. The molecule has 0 atom stereocenters. The Bertz CT molecular complexity index is 885. The van der Waals surface area contributed by atoms with Crippen molar-refractivity contribution in [2.75, 3.05) is 45.2 Å². The fraction of sp³-hybridized carbons (Fsp3) is 0.333. The number of aryl methyl sites for hydroxylation is 1. The van der Waals surface area contributed by atoms with Gasteiger partial charge in [-0.3, -0.25) is 9.59 Å². The van der Waals surface area contributed by atoms with Crippen LogP contribution in [-0.4, -0.2) is 56.5 Å². The minimum atomic E-state index is 0.00573. The number of piperazine rings is 1. The largest absolute Gasteiger partial charge is 0.497 e. The molecule has 1 aliphatic rings. The molecule has 3 rings (SSSR count). The van der Waals surface area contributed by atoms with Gasteiger partial charge >= 0.3 is 0 Å². The average Bonchev–Trinajstić information content (AvgIpc) is 2.78. The first kappa shape index (κ1) is 21.6. The van der Waals surface area contributed by atoms with Gasteiger partial charge in [0, 0.05) is 11.8 Å². The predicted octanol–water partition coefficient (Wildman–Crippen LogP) is 1.64. The van der Waals surface area contributed by atoms with Gasteiger partial charge in [-0.25, -0.2) is 0 Å². The third-order valence-electron chi connectivity index (χ3n) is 5.40. The fourth-order valence-corrected chi connectivity index (χ4v) is 3.58. The van der Waals surface area contributed by atoms with E-state index in [9.17, 15) is 9.59 Å². The standard InChI is InChI=1S/C24H29N3O3/c1-3-20-6-4-5-7-22(20)25-23(28)18-26-14-16-27(17-15-26)24(29)13-10-19-8-11-21(30-2)12-9-19/h4-13H,3,14-18H2,1-2H3,(H,25,28)/p+1/b13-10+. The van der Waals surface area contributed by atoms with Crippen molar-refractivity contribution in [1.29, 1.82) is 0 Å². The highest BCUT2D eigenvalue weighted by Crippen LogP contribution is 2.15. The molecule has 0 saturated carbocycles. The van der Waals surface area contributed by atoms with Gasteiger partial charge in [0.25, 0.3) is 5.91 Å². The molecule has 0 unspecified atom stereocenters. The summed E-state index contributed by atoms with van der Waals surface area (Å²) in [6.45, 7) is 5.34. The molecule has 0 aliphatic carbocycles. The van der Waals surface area contributed by atoms with Gasteiger partial charge in [-0.05, 0) is 41.8 Å². The van der Waals surface area contributed by atoms with Crippen LogP contribution < -0.4 is 15.0 Å². The lowest BCUT2D eigenvalue weighted by Gasteiger charge is -2.31. The zero-order chi connectivity index (χ0) is 21.3. The van der Waals surface area contributed by atoms with E-state index >= 15 is 0 Å². The van der Waals surface area contributed by atoms with E-state index in [-0.39, 0.29) is 11.8 Å². The van der Waals surface area contributed by atoms with Gasteiger partial charge in [-0.2, -0.15) is 0 Å². The number of methoxy groups -OCH3 is 1. The smallest absolute Gasteiger partial charge is 0.279 e. The topological polar surface area (TPSA) is 63.1 Å². The lowest BCUT2D eigenvalue weighted by atomic mass is 10.1. The molecule has 6 nitrogen and oxygen atoms in total. The number of nitrogens with zero attached hydrogens (tertiary/aromatic N) is 1. The number of anilines is 1. The van der Waals surface area contributed by atoms with Crippen LogP contribution in [0, 0.1) is 0 Å². The highest BCUT2D eigenvalue weighted by molar-refractivity contribution is 5.92. The summed E-state index contributed by atoms with van der Waals surface area (Å²) in [5, 5.41) is 3.03. The molecule has 6 heteroatoms. The van der Waals surface area contributed by atoms with E-state index in [0.717, 1.165) is 42.1 Å². The van der Waals surface area contributed by atoms with E-state index in [2.05, 4.69) is 12.2 Å². The number of ether oxygens (including phenoxy) is 1. The number of hydrogen-bond donors (Lipinski definition) is 2. The summed E-state index contributed by atoms with van der Waals surface area (Å²) in [6.07, 6.45) is 4.31. The third kappa shape index (κ3) is 5.94. The zero-order valence-corrected chi connectivity index (χ0v) is 17.7. The Labute approximate surface area is 178 Å². The lowest BCUT2D eigenvalue weighted by molar-refractivity contribution is -0.895. The van der Waals surface area contributed by atoms with E-state index < -0.39 is 0 Å². The molecule has 0 bridgehead atoms. The summed E-state index contributed by atoms with van der Waals surface area (Å²) in [5.74, 6) is 0.816. The van der Waals surface area contributed by atoms with Gasteiger partial charge in [0.1, 0.15) is 5.75 Å². The molecular formula is C24H30N3O3+. The molecule has 1 heterocycles. The number of hydrogen-bond acceptors (Lipinski definition) is 3. The van der Waals surface area contributed by atoms with E-state index in [4.69, 9.17) is 4.74 Å². The second-order valence-electron chi connectivity index (χ2n) is 7.42. The SMILES string of the molecule is CCc1ccccc1NC(=O)C[NH+]1CCN(C(=O)/C=C/c2ccc(OC)cc2)CC1. The Hall–Kier alpha value is -3.12. The quantitative estimate of drug-likeness (QED) is 0.685. The van der Waals surface area contributed by atoms with Crippen molar-refractivity contribution < 1.29 is 19.2 Å². The summed E-state index contributed by atoms with van der Waals surface area (Å²) < 4.78 is 5.14. The second-order valence-corrected chi connectivity index (χ2v) is 7.42. The summed E-state index contributed by atoms with van der Waals surface area (Å²) in [5.41, 5.74) is 2.99. The molecule has 2 aromatic rings. The van der Waals surface area contributed by atoms with Gasteiger partial charge in [0.05, 0.1) is 33.3 Å². The highest BCUT2D eigenvalue weighted by atomic mass is 16.5. The van der Waals surface area contributed by atoms with Crippen LogP contribution in [0.2, 0.25) is 0 Å². The Kier molecular flexibility index (Phi) is 7.63. The molecular weight excluding hydrogens is 378 g/mol. The molecule has 2 aromatic carbocycles. The number of benzene rings is 2. The molecule has 2 N–H and O–H groups in total.